The standard InChI is InChI=1S/C15H15NO3/c1-10-4-2-3-5-12(10)15(9-16)7-6-13(17)11(8-15)14(18)19/h2-5,11H,6-8H2,1H3,(H,18,19). The van der Waals surface area contributed by atoms with E-state index in [1.165, 1.54) is 0 Å². The first-order valence-electron chi connectivity index (χ1n) is 6.23. The highest BCUT2D eigenvalue weighted by Crippen LogP contribution is 2.41. The van der Waals surface area contributed by atoms with Crippen LogP contribution in [-0.4, -0.2) is 16.9 Å². The van der Waals surface area contributed by atoms with Gasteiger partial charge in [-0.2, -0.15) is 5.26 Å². The van der Waals surface area contributed by atoms with Gasteiger partial charge < -0.3 is 5.11 Å². The number of hydrogen-bond acceptors (Lipinski definition) is 3. The second-order valence-corrected chi connectivity index (χ2v) is 5.07. The Morgan fingerprint density at radius 3 is 2.74 bits per heavy atom. The van der Waals surface area contributed by atoms with Crippen LogP contribution < -0.4 is 0 Å². The number of nitriles is 1. The molecule has 2 rings (SSSR count). The quantitative estimate of drug-likeness (QED) is 0.824. The molecule has 0 saturated heterocycles. The van der Waals surface area contributed by atoms with Crippen molar-refractivity contribution < 1.29 is 14.7 Å². The number of rotatable bonds is 2. The Hall–Kier alpha value is -2.15. The first-order valence-corrected chi connectivity index (χ1v) is 6.23. The zero-order valence-electron chi connectivity index (χ0n) is 10.7. The predicted molar refractivity (Wildman–Crippen MR) is 68.5 cm³/mol. The fourth-order valence-electron chi connectivity index (χ4n) is 2.82. The molecular formula is C15H15NO3. The number of aliphatic carboxylic acids is 1. The van der Waals surface area contributed by atoms with Crippen LogP contribution >= 0.6 is 0 Å². The summed E-state index contributed by atoms with van der Waals surface area (Å²) < 4.78 is 0. The van der Waals surface area contributed by atoms with Gasteiger partial charge in [0, 0.05) is 6.42 Å². The molecule has 1 aromatic carbocycles. The van der Waals surface area contributed by atoms with Crippen molar-refractivity contribution >= 4 is 11.8 Å². The molecule has 0 aromatic heterocycles. The summed E-state index contributed by atoms with van der Waals surface area (Å²) in [5.74, 6) is -2.46. The average Bonchev–Trinajstić information content (AvgIpc) is 2.40. The molecule has 4 nitrogen and oxygen atoms in total. The highest BCUT2D eigenvalue weighted by molar-refractivity contribution is 5.99. The lowest BCUT2D eigenvalue weighted by Crippen LogP contribution is -2.40. The topological polar surface area (TPSA) is 78.2 Å². The van der Waals surface area contributed by atoms with Crippen LogP contribution in [0.5, 0.6) is 0 Å². The monoisotopic (exact) mass is 257 g/mol. The van der Waals surface area contributed by atoms with Gasteiger partial charge in [0.05, 0.1) is 11.5 Å². The van der Waals surface area contributed by atoms with Gasteiger partial charge in [0.1, 0.15) is 11.7 Å². The van der Waals surface area contributed by atoms with Crippen molar-refractivity contribution in [2.45, 2.75) is 31.6 Å². The minimum Gasteiger partial charge on any atom is -0.481 e. The van der Waals surface area contributed by atoms with E-state index in [0.29, 0.717) is 6.42 Å². The van der Waals surface area contributed by atoms with Gasteiger partial charge in [0.2, 0.25) is 0 Å². The summed E-state index contributed by atoms with van der Waals surface area (Å²) in [7, 11) is 0. The number of nitrogens with zero attached hydrogens (tertiary/aromatic N) is 1. The molecule has 2 atom stereocenters. The van der Waals surface area contributed by atoms with E-state index in [4.69, 9.17) is 5.11 Å². The number of carboxylic acid groups (broad SMARTS) is 1. The third-order valence-corrected chi connectivity index (χ3v) is 3.91. The van der Waals surface area contributed by atoms with Gasteiger partial charge >= 0.3 is 5.97 Å². The maximum atomic E-state index is 11.7. The van der Waals surface area contributed by atoms with Crippen molar-refractivity contribution in [3.8, 4) is 6.07 Å². The SMILES string of the molecule is Cc1ccccc1C1(C#N)CCC(=O)C(C(=O)O)C1. The van der Waals surface area contributed by atoms with Gasteiger partial charge in [0.15, 0.2) is 0 Å². The molecule has 19 heavy (non-hydrogen) atoms. The minimum absolute atomic E-state index is 0.0719. The summed E-state index contributed by atoms with van der Waals surface area (Å²) in [6.07, 6.45) is 0.623. The van der Waals surface area contributed by atoms with Gasteiger partial charge in [-0.15, -0.1) is 0 Å². The Kier molecular flexibility index (Phi) is 3.39. The Morgan fingerprint density at radius 2 is 2.16 bits per heavy atom. The molecule has 1 N–H and O–H groups in total. The number of carboxylic acids is 1. The molecule has 1 aliphatic rings. The number of carbonyl (C=O) groups is 2. The van der Waals surface area contributed by atoms with Crippen LogP contribution in [0, 0.1) is 24.2 Å². The van der Waals surface area contributed by atoms with E-state index in [9.17, 15) is 14.9 Å². The summed E-state index contributed by atoms with van der Waals surface area (Å²) in [5, 5.41) is 18.7. The third-order valence-electron chi connectivity index (χ3n) is 3.91. The molecule has 0 amide bonds. The Bertz CT molecular complexity index is 573. The Balaban J connectivity index is 2.45. The molecule has 98 valence electrons. The predicted octanol–water partition coefficient (Wildman–Crippen LogP) is 2.21. The van der Waals surface area contributed by atoms with Crippen LogP contribution in [0.2, 0.25) is 0 Å². The number of carbonyl (C=O) groups excluding carboxylic acids is 1. The highest BCUT2D eigenvalue weighted by Gasteiger charge is 2.45. The minimum atomic E-state index is -1.13. The summed E-state index contributed by atoms with van der Waals surface area (Å²) in [6.45, 7) is 1.90. The number of hydrogen-bond donors (Lipinski definition) is 1. The van der Waals surface area contributed by atoms with E-state index < -0.39 is 17.3 Å². The molecule has 1 saturated carbocycles. The molecule has 2 unspecified atom stereocenters. The zero-order valence-corrected chi connectivity index (χ0v) is 10.7. The van der Waals surface area contributed by atoms with Crippen LogP contribution in [0.15, 0.2) is 24.3 Å². The first-order chi connectivity index (χ1) is 9.00. The lowest BCUT2D eigenvalue weighted by Gasteiger charge is -2.34. The van der Waals surface area contributed by atoms with Crippen molar-refractivity contribution in [3.63, 3.8) is 0 Å². The van der Waals surface area contributed by atoms with Crippen molar-refractivity contribution in [2.75, 3.05) is 0 Å². The van der Waals surface area contributed by atoms with E-state index >= 15 is 0 Å². The first kappa shape index (κ1) is 13.3. The Labute approximate surface area is 111 Å². The van der Waals surface area contributed by atoms with Gasteiger partial charge in [-0.3, -0.25) is 9.59 Å². The van der Waals surface area contributed by atoms with Crippen LogP contribution in [-0.2, 0) is 15.0 Å². The van der Waals surface area contributed by atoms with Gasteiger partial charge in [0.25, 0.3) is 0 Å². The molecule has 1 aliphatic carbocycles. The van der Waals surface area contributed by atoms with E-state index in [-0.39, 0.29) is 18.6 Å². The van der Waals surface area contributed by atoms with Crippen LogP contribution in [0.25, 0.3) is 0 Å². The lowest BCUT2D eigenvalue weighted by atomic mass is 9.65. The second kappa shape index (κ2) is 4.85. The van der Waals surface area contributed by atoms with Crippen molar-refractivity contribution in [3.05, 3.63) is 35.4 Å². The summed E-state index contributed by atoms with van der Waals surface area (Å²) in [6, 6.07) is 9.74. The number of ketones is 1. The average molecular weight is 257 g/mol. The van der Waals surface area contributed by atoms with E-state index in [1.807, 2.05) is 31.2 Å². The normalized spacial score (nSPS) is 26.7. The van der Waals surface area contributed by atoms with Crippen molar-refractivity contribution in [2.24, 2.45) is 5.92 Å². The summed E-state index contributed by atoms with van der Waals surface area (Å²) in [5.41, 5.74) is 0.946. The zero-order chi connectivity index (χ0) is 14.0. The second-order valence-electron chi connectivity index (χ2n) is 5.07. The van der Waals surface area contributed by atoms with E-state index in [1.54, 1.807) is 0 Å². The maximum Gasteiger partial charge on any atom is 0.314 e. The van der Waals surface area contributed by atoms with Gasteiger partial charge in [-0.1, -0.05) is 24.3 Å². The molecule has 1 aromatic rings. The summed E-state index contributed by atoms with van der Waals surface area (Å²) >= 11 is 0. The lowest BCUT2D eigenvalue weighted by molar-refractivity contribution is -0.148. The molecule has 0 bridgehead atoms. The largest absolute Gasteiger partial charge is 0.481 e. The molecular weight excluding hydrogens is 242 g/mol. The maximum absolute atomic E-state index is 11.7. The van der Waals surface area contributed by atoms with Crippen LogP contribution in [0.3, 0.4) is 0 Å². The smallest absolute Gasteiger partial charge is 0.314 e. The van der Waals surface area contributed by atoms with Crippen LogP contribution in [0.4, 0.5) is 0 Å². The molecule has 0 heterocycles. The number of aryl methyl sites for hydroxylation is 1. The number of benzene rings is 1. The summed E-state index contributed by atoms with van der Waals surface area (Å²) in [4.78, 5) is 22.8. The Morgan fingerprint density at radius 1 is 1.47 bits per heavy atom. The van der Waals surface area contributed by atoms with Gasteiger partial charge in [-0.25, -0.2) is 0 Å². The van der Waals surface area contributed by atoms with Gasteiger partial charge in [-0.05, 0) is 30.9 Å². The van der Waals surface area contributed by atoms with Crippen molar-refractivity contribution in [1.82, 2.24) is 0 Å². The fourth-order valence-corrected chi connectivity index (χ4v) is 2.82. The molecule has 0 radical (unpaired) electrons. The highest BCUT2D eigenvalue weighted by atomic mass is 16.4. The van der Waals surface area contributed by atoms with Crippen molar-refractivity contribution in [1.29, 1.82) is 5.26 Å². The molecule has 4 heteroatoms. The third kappa shape index (κ3) is 2.24. The van der Waals surface area contributed by atoms with Crippen LogP contribution in [0.1, 0.15) is 30.4 Å². The molecule has 1 fully saturated rings. The molecule has 0 aliphatic heterocycles. The van der Waals surface area contributed by atoms with E-state index in [0.717, 1.165) is 11.1 Å². The van der Waals surface area contributed by atoms with E-state index in [2.05, 4.69) is 6.07 Å². The molecule has 0 spiro atoms. The number of Topliss-reactive ketones (excluding diaryl/α,β-unsaturated/α-hetero) is 1. The fraction of sp³-hybridized carbons (Fsp3) is 0.400.